The van der Waals surface area contributed by atoms with E-state index >= 15 is 0 Å². The topological polar surface area (TPSA) is 74.3 Å². The van der Waals surface area contributed by atoms with Crippen LogP contribution in [0, 0.1) is 5.82 Å². The number of pyridine rings is 1. The van der Waals surface area contributed by atoms with E-state index in [0.29, 0.717) is 17.1 Å². The van der Waals surface area contributed by atoms with Crippen molar-refractivity contribution < 1.29 is 17.9 Å². The molecule has 5 nitrogen and oxygen atoms in total. The second kappa shape index (κ2) is 5.75. The Morgan fingerprint density at radius 1 is 1.30 bits per heavy atom. The lowest BCUT2D eigenvalue weighted by Crippen LogP contribution is -2.29. The van der Waals surface area contributed by atoms with Crippen molar-refractivity contribution in [2.75, 3.05) is 4.72 Å². The van der Waals surface area contributed by atoms with Gasteiger partial charge in [0.05, 0.1) is 11.9 Å². The second-order valence-corrected chi connectivity index (χ2v) is 6.35. The van der Waals surface area contributed by atoms with Crippen molar-refractivity contribution in [1.29, 1.82) is 0 Å². The van der Waals surface area contributed by atoms with Crippen LogP contribution in [-0.4, -0.2) is 19.3 Å². The SMILES string of the molecule is CC1(C)C=C(c2ccc(F)cn2)c2ccc(NS(=O)[O-])cc2O1. The summed E-state index contributed by atoms with van der Waals surface area (Å²) >= 11 is -2.41. The van der Waals surface area contributed by atoms with Crippen LogP contribution in [0.25, 0.3) is 5.57 Å². The summed E-state index contributed by atoms with van der Waals surface area (Å²) < 4.78 is 42.8. The van der Waals surface area contributed by atoms with Crippen LogP contribution in [0.2, 0.25) is 0 Å². The second-order valence-electron chi connectivity index (χ2n) is 5.67. The molecule has 120 valence electrons. The molecule has 1 N–H and O–H groups in total. The molecule has 7 heteroatoms. The molecule has 3 rings (SSSR count). The minimum Gasteiger partial charge on any atom is -0.755 e. The van der Waals surface area contributed by atoms with Gasteiger partial charge >= 0.3 is 0 Å². The van der Waals surface area contributed by atoms with Gasteiger partial charge in [-0.05, 0) is 44.2 Å². The number of rotatable bonds is 3. The fourth-order valence-corrected chi connectivity index (χ4v) is 2.79. The maximum atomic E-state index is 13.1. The van der Waals surface area contributed by atoms with Crippen molar-refractivity contribution in [1.82, 2.24) is 4.98 Å². The highest BCUT2D eigenvalue weighted by Crippen LogP contribution is 2.40. The summed E-state index contributed by atoms with van der Waals surface area (Å²) in [6.07, 6.45) is 3.07. The van der Waals surface area contributed by atoms with Gasteiger partial charge in [0.15, 0.2) is 0 Å². The number of hydrogen-bond donors (Lipinski definition) is 1. The van der Waals surface area contributed by atoms with Crippen LogP contribution in [0.15, 0.2) is 42.6 Å². The Morgan fingerprint density at radius 3 is 2.74 bits per heavy atom. The molecule has 0 radical (unpaired) electrons. The van der Waals surface area contributed by atoms with E-state index in [1.807, 2.05) is 19.9 Å². The average Bonchev–Trinajstić information content (AvgIpc) is 2.45. The third-order valence-corrected chi connectivity index (χ3v) is 3.74. The van der Waals surface area contributed by atoms with E-state index in [1.165, 1.54) is 6.07 Å². The minimum atomic E-state index is -2.41. The molecule has 0 bridgehead atoms. The Morgan fingerprint density at radius 2 is 2.09 bits per heavy atom. The first kappa shape index (κ1) is 15.6. The molecule has 0 spiro atoms. The number of fused-ring (bicyclic) bond motifs is 1. The normalized spacial score (nSPS) is 16.8. The summed E-state index contributed by atoms with van der Waals surface area (Å²) in [5, 5.41) is 0. The van der Waals surface area contributed by atoms with Gasteiger partial charge in [0.2, 0.25) is 0 Å². The highest BCUT2D eigenvalue weighted by Gasteiger charge is 2.28. The quantitative estimate of drug-likeness (QED) is 0.876. The van der Waals surface area contributed by atoms with Crippen molar-refractivity contribution in [3.05, 3.63) is 59.7 Å². The zero-order chi connectivity index (χ0) is 16.6. The standard InChI is InChI=1S/C16H15FN2O3S/c1-16(2)8-13(14-6-3-10(17)9-18-14)12-5-4-11(19-23(20)21)7-15(12)22-16/h3-9,19H,1-2H3,(H,20,21)/p-1. The Balaban J connectivity index is 2.09. The van der Waals surface area contributed by atoms with E-state index in [9.17, 15) is 13.2 Å². The molecule has 2 aromatic rings. The van der Waals surface area contributed by atoms with E-state index in [4.69, 9.17) is 4.74 Å². The van der Waals surface area contributed by atoms with Crippen LogP contribution in [0.3, 0.4) is 0 Å². The lowest BCUT2D eigenvalue weighted by Gasteiger charge is -2.31. The first-order valence-corrected chi connectivity index (χ1v) is 7.96. The summed E-state index contributed by atoms with van der Waals surface area (Å²) in [5.41, 5.74) is 2.00. The van der Waals surface area contributed by atoms with Crippen molar-refractivity contribution in [3.8, 4) is 5.75 Å². The van der Waals surface area contributed by atoms with E-state index in [0.717, 1.165) is 17.3 Å². The lowest BCUT2D eigenvalue weighted by molar-refractivity contribution is 0.158. The molecule has 23 heavy (non-hydrogen) atoms. The van der Waals surface area contributed by atoms with Crippen LogP contribution in [0.1, 0.15) is 25.1 Å². The average molecular weight is 333 g/mol. The van der Waals surface area contributed by atoms with Gasteiger partial charge in [-0.2, -0.15) is 0 Å². The van der Waals surface area contributed by atoms with Crippen LogP contribution in [0.5, 0.6) is 5.75 Å². The highest BCUT2D eigenvalue weighted by atomic mass is 32.2. The molecule has 1 aromatic carbocycles. The van der Waals surface area contributed by atoms with E-state index in [2.05, 4.69) is 9.71 Å². The predicted octanol–water partition coefficient (Wildman–Crippen LogP) is 3.03. The highest BCUT2D eigenvalue weighted by molar-refractivity contribution is 7.80. The van der Waals surface area contributed by atoms with E-state index in [-0.39, 0.29) is 0 Å². The van der Waals surface area contributed by atoms with Crippen LogP contribution >= 0.6 is 0 Å². The number of aromatic nitrogens is 1. The third-order valence-electron chi connectivity index (χ3n) is 3.34. The molecule has 1 aromatic heterocycles. The Kier molecular flexibility index (Phi) is 3.91. The van der Waals surface area contributed by atoms with Gasteiger partial charge in [0, 0.05) is 34.2 Å². The number of ether oxygens (including phenoxy) is 1. The molecular formula is C16H14FN2O3S-. The molecule has 0 saturated heterocycles. The number of nitrogens with zero attached hydrogens (tertiary/aromatic N) is 1. The van der Waals surface area contributed by atoms with E-state index in [1.54, 1.807) is 24.3 Å². The van der Waals surface area contributed by atoms with Crippen molar-refractivity contribution in [2.45, 2.75) is 19.4 Å². The maximum absolute atomic E-state index is 13.1. The summed E-state index contributed by atoms with van der Waals surface area (Å²) in [5.74, 6) is 0.132. The fourth-order valence-electron chi connectivity index (χ4n) is 2.47. The van der Waals surface area contributed by atoms with Crippen LogP contribution < -0.4 is 9.46 Å². The third kappa shape index (κ3) is 3.40. The van der Waals surface area contributed by atoms with E-state index < -0.39 is 22.7 Å². The number of nitrogens with one attached hydrogen (secondary N) is 1. The first-order chi connectivity index (χ1) is 10.8. The van der Waals surface area contributed by atoms with Crippen molar-refractivity contribution >= 4 is 22.5 Å². The van der Waals surface area contributed by atoms with Gasteiger partial charge < -0.3 is 14.0 Å². The predicted molar refractivity (Wildman–Crippen MR) is 85.0 cm³/mol. The Labute approximate surface area is 135 Å². The molecule has 2 heterocycles. The molecule has 1 aliphatic heterocycles. The molecule has 1 atom stereocenters. The van der Waals surface area contributed by atoms with Gasteiger partial charge in [-0.3, -0.25) is 9.19 Å². The summed E-state index contributed by atoms with van der Waals surface area (Å²) in [6.45, 7) is 3.76. The zero-order valence-electron chi connectivity index (χ0n) is 12.5. The molecule has 0 fully saturated rings. The monoisotopic (exact) mass is 333 g/mol. The van der Waals surface area contributed by atoms with Gasteiger partial charge in [-0.15, -0.1) is 0 Å². The number of benzene rings is 1. The smallest absolute Gasteiger partial charge is 0.141 e. The largest absolute Gasteiger partial charge is 0.755 e. The van der Waals surface area contributed by atoms with Gasteiger partial charge in [0.1, 0.15) is 17.2 Å². The fraction of sp³-hybridized carbons (Fsp3) is 0.188. The number of halogens is 1. The molecular weight excluding hydrogens is 319 g/mol. The van der Waals surface area contributed by atoms with Crippen molar-refractivity contribution in [3.63, 3.8) is 0 Å². The number of anilines is 1. The Bertz CT molecular complexity index is 803. The molecule has 0 amide bonds. The van der Waals surface area contributed by atoms with Gasteiger partial charge in [0.25, 0.3) is 0 Å². The molecule has 1 unspecified atom stereocenters. The van der Waals surface area contributed by atoms with Crippen molar-refractivity contribution in [2.24, 2.45) is 0 Å². The maximum Gasteiger partial charge on any atom is 0.141 e. The van der Waals surface area contributed by atoms with Gasteiger partial charge in [-0.1, -0.05) is 0 Å². The van der Waals surface area contributed by atoms with Gasteiger partial charge in [-0.25, -0.2) is 4.39 Å². The van der Waals surface area contributed by atoms with Crippen LogP contribution in [0.4, 0.5) is 10.1 Å². The summed E-state index contributed by atoms with van der Waals surface area (Å²) in [6, 6.07) is 7.95. The summed E-state index contributed by atoms with van der Waals surface area (Å²) in [7, 11) is 0. The number of hydrogen-bond acceptors (Lipinski definition) is 4. The lowest BCUT2D eigenvalue weighted by atomic mass is 9.92. The zero-order valence-corrected chi connectivity index (χ0v) is 13.3. The molecule has 0 aliphatic carbocycles. The molecule has 1 aliphatic rings. The summed E-state index contributed by atoms with van der Waals surface area (Å²) in [4.78, 5) is 4.12. The molecule has 0 saturated carbocycles. The first-order valence-electron chi connectivity index (χ1n) is 6.88. The minimum absolute atomic E-state index is 0.404. The Hall–Kier alpha value is -2.25. The van der Waals surface area contributed by atoms with Crippen LogP contribution in [-0.2, 0) is 11.3 Å².